The van der Waals surface area contributed by atoms with E-state index in [9.17, 15) is 13.2 Å². The molecule has 1 unspecified atom stereocenters. The minimum Gasteiger partial charge on any atom is -0.370 e. The number of nitrogens with two attached hydrogens (primary N) is 1. The molecule has 0 aromatic carbocycles. The maximum atomic E-state index is 11.7. The predicted molar refractivity (Wildman–Crippen MR) is 60.6 cm³/mol. The van der Waals surface area contributed by atoms with Gasteiger partial charge in [-0.05, 0) is 18.5 Å². The molecule has 17 heavy (non-hydrogen) atoms. The average Bonchev–Trinajstić information content (AvgIpc) is 2.15. The first-order chi connectivity index (χ1) is 7.81. The number of carbonyl (C=O) groups is 1. The van der Waals surface area contributed by atoms with Gasteiger partial charge in [0, 0.05) is 12.5 Å². The second-order valence-corrected chi connectivity index (χ2v) is 5.43. The van der Waals surface area contributed by atoms with E-state index in [-0.39, 0.29) is 16.6 Å². The van der Waals surface area contributed by atoms with Crippen molar-refractivity contribution >= 4 is 27.5 Å². The van der Waals surface area contributed by atoms with Crippen molar-refractivity contribution in [3.63, 3.8) is 0 Å². The smallest absolute Gasteiger partial charge is 0.243 e. The maximum Gasteiger partial charge on any atom is 0.243 e. The Kier molecular flexibility index (Phi) is 4.38. The van der Waals surface area contributed by atoms with Gasteiger partial charge in [-0.25, -0.2) is 23.1 Å². The highest BCUT2D eigenvalue weighted by molar-refractivity contribution is 7.89. The number of carbonyl (C=O) groups excluding carboxylic acids is 1. The number of hydrogen-bond acceptors (Lipinski definition) is 5. The molecule has 9 heteroatoms. The fourth-order valence-electron chi connectivity index (χ4n) is 1.12. The molecule has 0 spiro atoms. The van der Waals surface area contributed by atoms with E-state index in [1.165, 1.54) is 6.92 Å². The van der Waals surface area contributed by atoms with Crippen LogP contribution in [0.25, 0.3) is 0 Å². The molecular weight excluding hydrogens is 268 g/mol. The lowest BCUT2D eigenvalue weighted by Crippen LogP contribution is -2.35. The summed E-state index contributed by atoms with van der Waals surface area (Å²) in [6.45, 7) is 1.53. The van der Waals surface area contributed by atoms with E-state index in [0.29, 0.717) is 0 Å². The van der Waals surface area contributed by atoms with Crippen LogP contribution < -0.4 is 10.5 Å². The van der Waals surface area contributed by atoms with E-state index in [1.807, 2.05) is 0 Å². The Labute approximate surface area is 103 Å². The molecule has 0 saturated carbocycles. The molecule has 0 aliphatic carbocycles. The van der Waals surface area contributed by atoms with Crippen LogP contribution in [0.3, 0.4) is 0 Å². The van der Waals surface area contributed by atoms with Gasteiger partial charge in [-0.15, -0.1) is 0 Å². The van der Waals surface area contributed by atoms with E-state index >= 15 is 0 Å². The highest BCUT2D eigenvalue weighted by Crippen LogP contribution is 2.08. The second-order valence-electron chi connectivity index (χ2n) is 3.38. The number of sulfonamides is 1. The number of primary amides is 1. The second kappa shape index (κ2) is 5.39. The summed E-state index contributed by atoms with van der Waals surface area (Å²) in [6, 6.07) is -0.604. The monoisotopic (exact) mass is 278 g/mol. The quantitative estimate of drug-likeness (QED) is 0.716. The van der Waals surface area contributed by atoms with Crippen molar-refractivity contribution in [2.24, 2.45) is 5.73 Å². The Bertz CT molecular complexity index is 502. The van der Waals surface area contributed by atoms with Gasteiger partial charge in [0.2, 0.25) is 21.2 Å². The third kappa shape index (κ3) is 4.25. The molecule has 7 nitrogen and oxygen atoms in total. The number of aromatic nitrogens is 2. The molecule has 0 aliphatic rings. The summed E-state index contributed by atoms with van der Waals surface area (Å²) in [5.41, 5.74) is 4.95. The van der Waals surface area contributed by atoms with Crippen LogP contribution in [0.5, 0.6) is 0 Å². The molecule has 1 rings (SSSR count). The molecule has 1 heterocycles. The first-order valence-electron chi connectivity index (χ1n) is 4.59. The van der Waals surface area contributed by atoms with Crippen LogP contribution in [-0.4, -0.2) is 30.3 Å². The fourth-order valence-corrected chi connectivity index (χ4v) is 2.35. The van der Waals surface area contributed by atoms with Gasteiger partial charge in [0.15, 0.2) is 0 Å². The first-order valence-corrected chi connectivity index (χ1v) is 6.45. The van der Waals surface area contributed by atoms with Crippen molar-refractivity contribution in [1.82, 2.24) is 14.7 Å². The fraction of sp³-hybridized carbons (Fsp3) is 0.375. The van der Waals surface area contributed by atoms with Gasteiger partial charge in [0.25, 0.3) is 0 Å². The van der Waals surface area contributed by atoms with Gasteiger partial charge in [-0.3, -0.25) is 4.79 Å². The van der Waals surface area contributed by atoms with Crippen molar-refractivity contribution in [3.8, 4) is 0 Å². The number of nitrogens with one attached hydrogen (secondary N) is 1. The topological polar surface area (TPSA) is 115 Å². The van der Waals surface area contributed by atoms with E-state index < -0.39 is 22.0 Å². The summed E-state index contributed by atoms with van der Waals surface area (Å²) in [4.78, 5) is 17.6. The summed E-state index contributed by atoms with van der Waals surface area (Å²) < 4.78 is 25.8. The highest BCUT2D eigenvalue weighted by atomic mass is 35.5. The van der Waals surface area contributed by atoms with Crippen LogP contribution in [0.15, 0.2) is 17.3 Å². The van der Waals surface area contributed by atoms with Gasteiger partial charge >= 0.3 is 0 Å². The zero-order valence-electron chi connectivity index (χ0n) is 8.92. The normalized spacial score (nSPS) is 13.3. The number of hydrogen-bond donors (Lipinski definition) is 2. The lowest BCUT2D eigenvalue weighted by Gasteiger charge is -2.11. The number of rotatable bonds is 5. The van der Waals surface area contributed by atoms with Crippen molar-refractivity contribution in [3.05, 3.63) is 17.7 Å². The zero-order chi connectivity index (χ0) is 13.1. The predicted octanol–water partition coefficient (Wildman–Crippen LogP) is -0.328. The molecule has 94 valence electrons. The molecule has 1 atom stereocenters. The third-order valence-electron chi connectivity index (χ3n) is 1.77. The summed E-state index contributed by atoms with van der Waals surface area (Å²) in [5, 5.41) is -0.0471. The largest absolute Gasteiger partial charge is 0.370 e. The van der Waals surface area contributed by atoms with E-state index in [4.69, 9.17) is 17.3 Å². The molecule has 0 bridgehead atoms. The van der Waals surface area contributed by atoms with Crippen LogP contribution in [0, 0.1) is 0 Å². The SMILES string of the molecule is CC(CC(N)=O)NS(=O)(=O)c1cnc(Cl)nc1. The van der Waals surface area contributed by atoms with E-state index in [1.54, 1.807) is 0 Å². The lowest BCUT2D eigenvalue weighted by molar-refractivity contribution is -0.118. The van der Waals surface area contributed by atoms with Gasteiger partial charge in [-0.2, -0.15) is 0 Å². The highest BCUT2D eigenvalue weighted by Gasteiger charge is 2.19. The van der Waals surface area contributed by atoms with Crippen LogP contribution in [0.1, 0.15) is 13.3 Å². The van der Waals surface area contributed by atoms with E-state index in [2.05, 4.69) is 14.7 Å². The molecule has 0 radical (unpaired) electrons. The lowest BCUT2D eigenvalue weighted by atomic mass is 10.2. The van der Waals surface area contributed by atoms with E-state index in [0.717, 1.165) is 12.4 Å². The minimum absolute atomic E-state index is 0.0471. The van der Waals surface area contributed by atoms with Crippen LogP contribution >= 0.6 is 11.6 Å². The molecule has 3 N–H and O–H groups in total. The Morgan fingerprint density at radius 1 is 1.53 bits per heavy atom. The van der Waals surface area contributed by atoms with Crippen molar-refractivity contribution in [2.45, 2.75) is 24.3 Å². The molecule has 0 saturated heterocycles. The third-order valence-corrected chi connectivity index (χ3v) is 3.51. The van der Waals surface area contributed by atoms with Gasteiger partial charge in [0.05, 0.1) is 12.4 Å². The number of halogens is 1. The van der Waals surface area contributed by atoms with Gasteiger partial charge in [0.1, 0.15) is 4.90 Å². The Balaban J connectivity index is 2.82. The Morgan fingerprint density at radius 3 is 2.53 bits per heavy atom. The molecule has 1 amide bonds. The summed E-state index contributed by atoms with van der Waals surface area (Å²) in [7, 11) is -3.76. The van der Waals surface area contributed by atoms with Crippen molar-refractivity contribution in [2.75, 3.05) is 0 Å². The molecule has 0 fully saturated rings. The van der Waals surface area contributed by atoms with Crippen LogP contribution in [0.2, 0.25) is 5.28 Å². The summed E-state index contributed by atoms with van der Waals surface area (Å²) >= 11 is 5.44. The van der Waals surface area contributed by atoms with Crippen molar-refractivity contribution < 1.29 is 13.2 Å². The molecule has 1 aromatic rings. The summed E-state index contributed by atoms with van der Waals surface area (Å²) in [6.07, 6.45) is 2.07. The number of nitrogens with zero attached hydrogens (tertiary/aromatic N) is 2. The molecule has 0 aliphatic heterocycles. The minimum atomic E-state index is -3.76. The Hall–Kier alpha value is -1.25. The summed E-state index contributed by atoms with van der Waals surface area (Å²) in [5.74, 6) is -0.590. The van der Waals surface area contributed by atoms with Crippen LogP contribution in [-0.2, 0) is 14.8 Å². The Morgan fingerprint density at radius 2 is 2.06 bits per heavy atom. The zero-order valence-corrected chi connectivity index (χ0v) is 10.5. The molecular formula is C8H11ClN4O3S. The van der Waals surface area contributed by atoms with Crippen molar-refractivity contribution in [1.29, 1.82) is 0 Å². The standard InChI is InChI=1S/C8H11ClN4O3S/c1-5(2-7(10)14)13-17(15,16)6-3-11-8(9)12-4-6/h3-5,13H,2H2,1H3,(H2,10,14). The van der Waals surface area contributed by atoms with Gasteiger partial charge in [-0.1, -0.05) is 0 Å². The maximum absolute atomic E-state index is 11.7. The number of amides is 1. The van der Waals surface area contributed by atoms with Crippen LogP contribution in [0.4, 0.5) is 0 Å². The average molecular weight is 279 g/mol. The van der Waals surface area contributed by atoms with Gasteiger partial charge < -0.3 is 5.73 Å². The first kappa shape index (κ1) is 13.8. The molecule has 1 aromatic heterocycles.